The summed E-state index contributed by atoms with van der Waals surface area (Å²) in [6.07, 6.45) is 2.39. The number of hydrogen-bond acceptors (Lipinski definition) is 7. The number of aliphatic hydroxyl groups excluding tert-OH is 2. The van der Waals surface area contributed by atoms with Gasteiger partial charge in [-0.25, -0.2) is 19.2 Å². The van der Waals surface area contributed by atoms with E-state index in [1.54, 1.807) is 24.3 Å². The van der Waals surface area contributed by atoms with Crippen LogP contribution in [-0.2, 0) is 14.3 Å². The number of carbonyl (C=O) groups excluding carboxylic acids is 2. The van der Waals surface area contributed by atoms with Gasteiger partial charge in [-0.3, -0.25) is 0 Å². The molecule has 0 amide bonds. The number of fused-ring (bicyclic) bond motifs is 1. The smallest absolute Gasteiger partial charge is 0.346 e. The molecule has 32 heavy (non-hydrogen) atoms. The molecule has 0 bridgehead atoms. The molecule has 3 rings (SSSR count). The molecule has 0 fully saturated rings. The third-order valence-electron chi connectivity index (χ3n) is 3.22. The topological polar surface area (TPSA) is 158 Å². The summed E-state index contributed by atoms with van der Waals surface area (Å²) in [6, 6.07) is 16.6. The lowest BCUT2D eigenvalue weighted by molar-refractivity contribution is -0.134. The van der Waals surface area contributed by atoms with Crippen molar-refractivity contribution in [2.24, 2.45) is 0 Å². The van der Waals surface area contributed by atoms with E-state index in [2.05, 4.69) is 11.3 Å². The number of ether oxygens (including phenoxy) is 1. The lowest BCUT2D eigenvalue weighted by atomic mass is 10.1. The second kappa shape index (κ2) is 15.7. The lowest BCUT2D eigenvalue weighted by Crippen LogP contribution is -2.03. The Kier molecular flexibility index (Phi) is 13.7. The van der Waals surface area contributed by atoms with Crippen LogP contribution in [0, 0.1) is 0 Å². The van der Waals surface area contributed by atoms with Crippen molar-refractivity contribution < 1.29 is 44.3 Å². The van der Waals surface area contributed by atoms with E-state index < -0.39 is 30.0 Å². The third-order valence-corrected chi connectivity index (χ3v) is 3.22. The normalized spacial score (nSPS) is 11.8. The number of benzene rings is 2. The predicted molar refractivity (Wildman–Crippen MR) is 116 cm³/mol. The highest BCUT2D eigenvalue weighted by Crippen LogP contribution is 2.18. The quantitative estimate of drug-likeness (QED) is 0.315. The van der Waals surface area contributed by atoms with E-state index in [0.29, 0.717) is 23.3 Å². The van der Waals surface area contributed by atoms with Gasteiger partial charge in [0.25, 0.3) is 0 Å². The second-order valence-electron chi connectivity index (χ2n) is 5.88. The summed E-state index contributed by atoms with van der Waals surface area (Å²) in [5, 5.41) is 31.6. The van der Waals surface area contributed by atoms with Crippen LogP contribution in [0.1, 0.15) is 33.2 Å². The maximum absolute atomic E-state index is 10.8. The minimum absolute atomic E-state index is 0.139. The molecule has 0 saturated carbocycles. The number of rotatable bonds is 4. The molecule has 9 nitrogen and oxygen atoms in total. The van der Waals surface area contributed by atoms with Gasteiger partial charge in [-0.2, -0.15) is 0 Å². The monoisotopic (exact) mass is 444 g/mol. The number of esters is 2. The summed E-state index contributed by atoms with van der Waals surface area (Å²) in [7, 11) is 0. The van der Waals surface area contributed by atoms with Gasteiger partial charge in [-0.05, 0) is 24.6 Å². The average molecular weight is 444 g/mol. The lowest BCUT2D eigenvalue weighted by Gasteiger charge is -1.90. The highest BCUT2D eigenvalue weighted by Gasteiger charge is 2.28. The van der Waals surface area contributed by atoms with Crippen LogP contribution in [0.15, 0.2) is 73.3 Å². The number of cyclic esters (lactones) is 2. The zero-order chi connectivity index (χ0) is 24.5. The standard InChI is InChI=1S/C8H4O3.C8H8.C4H4O4.C3H8O2/c9-7-5-3-1-2-4-6(5)8(10)11-7;1-2-8-6-4-3-5-7-8;5-3(6)1-2-4(7)8;1-3(5)2-4/h1-4H;2-7H,1H2;1-2H,(H,5,6)(H,7,8);3-5H,2H2,1H3/b;;2-1+;. The Morgan fingerprint density at radius 2 is 1.28 bits per heavy atom. The molecule has 9 heteroatoms. The van der Waals surface area contributed by atoms with Gasteiger partial charge in [0.2, 0.25) is 0 Å². The van der Waals surface area contributed by atoms with Crippen LogP contribution in [0.25, 0.3) is 6.08 Å². The first-order valence-electron chi connectivity index (χ1n) is 9.08. The summed E-state index contributed by atoms with van der Waals surface area (Å²) in [5.74, 6) is -3.61. The molecule has 0 spiro atoms. The van der Waals surface area contributed by atoms with Gasteiger partial charge in [-0.15, -0.1) is 0 Å². The first kappa shape index (κ1) is 27.9. The minimum atomic E-state index is -1.26. The van der Waals surface area contributed by atoms with E-state index in [1.807, 2.05) is 36.4 Å². The van der Waals surface area contributed by atoms with Crippen LogP contribution in [-0.4, -0.2) is 57.0 Å². The van der Waals surface area contributed by atoms with Gasteiger partial charge in [0.15, 0.2) is 0 Å². The molecule has 4 N–H and O–H groups in total. The van der Waals surface area contributed by atoms with Crippen molar-refractivity contribution in [1.29, 1.82) is 0 Å². The fourth-order valence-corrected chi connectivity index (χ4v) is 1.76. The Bertz CT molecular complexity index is 882. The summed E-state index contributed by atoms with van der Waals surface area (Å²) >= 11 is 0. The number of carboxylic acid groups (broad SMARTS) is 2. The van der Waals surface area contributed by atoms with Gasteiger partial charge in [-0.1, -0.05) is 55.1 Å². The van der Waals surface area contributed by atoms with Crippen molar-refractivity contribution in [3.8, 4) is 0 Å². The maximum Gasteiger partial charge on any atom is 0.346 e. The minimum Gasteiger partial charge on any atom is -0.478 e. The van der Waals surface area contributed by atoms with E-state index in [9.17, 15) is 19.2 Å². The van der Waals surface area contributed by atoms with Gasteiger partial charge in [0, 0.05) is 12.2 Å². The molecule has 1 unspecified atom stereocenters. The van der Waals surface area contributed by atoms with Crippen LogP contribution in [0.4, 0.5) is 0 Å². The number of aliphatic hydroxyl groups is 2. The van der Waals surface area contributed by atoms with Crippen molar-refractivity contribution in [1.82, 2.24) is 0 Å². The van der Waals surface area contributed by atoms with Gasteiger partial charge in [0.05, 0.1) is 23.8 Å². The molecule has 2 aromatic rings. The van der Waals surface area contributed by atoms with E-state index in [1.165, 1.54) is 12.5 Å². The first-order chi connectivity index (χ1) is 15.1. The van der Waals surface area contributed by atoms with E-state index in [4.69, 9.17) is 20.4 Å². The molecule has 170 valence electrons. The van der Waals surface area contributed by atoms with Crippen molar-refractivity contribution in [3.05, 3.63) is 90.0 Å². The van der Waals surface area contributed by atoms with Gasteiger partial charge in [0.1, 0.15) is 0 Å². The van der Waals surface area contributed by atoms with Crippen molar-refractivity contribution >= 4 is 30.0 Å². The first-order valence-corrected chi connectivity index (χ1v) is 9.08. The highest BCUT2D eigenvalue weighted by molar-refractivity contribution is 6.14. The Balaban J connectivity index is 0.000000417. The van der Waals surface area contributed by atoms with Gasteiger partial charge < -0.3 is 25.2 Å². The van der Waals surface area contributed by atoms with Crippen LogP contribution in [0.5, 0.6) is 0 Å². The number of hydrogen-bond donors (Lipinski definition) is 4. The van der Waals surface area contributed by atoms with Crippen LogP contribution < -0.4 is 0 Å². The van der Waals surface area contributed by atoms with Crippen molar-refractivity contribution in [2.75, 3.05) is 6.61 Å². The molecule has 2 aromatic carbocycles. The molecule has 0 saturated heterocycles. The molecule has 1 heterocycles. The van der Waals surface area contributed by atoms with Crippen LogP contribution in [0.2, 0.25) is 0 Å². The largest absolute Gasteiger partial charge is 0.478 e. The molecular weight excluding hydrogens is 420 g/mol. The van der Waals surface area contributed by atoms with Crippen molar-refractivity contribution in [2.45, 2.75) is 13.0 Å². The average Bonchev–Trinajstić information content (AvgIpc) is 3.08. The fourth-order valence-electron chi connectivity index (χ4n) is 1.76. The zero-order valence-electron chi connectivity index (χ0n) is 17.2. The van der Waals surface area contributed by atoms with Crippen LogP contribution >= 0.6 is 0 Å². The highest BCUT2D eigenvalue weighted by atomic mass is 16.6. The second-order valence-corrected chi connectivity index (χ2v) is 5.88. The van der Waals surface area contributed by atoms with E-state index in [-0.39, 0.29) is 6.61 Å². The summed E-state index contributed by atoms with van der Waals surface area (Å²) in [6.45, 7) is 5.02. The summed E-state index contributed by atoms with van der Waals surface area (Å²) in [5.41, 5.74) is 1.89. The number of aliphatic carboxylic acids is 2. The Morgan fingerprint density at radius 1 is 0.906 bits per heavy atom. The molecular formula is C23H24O9. The Morgan fingerprint density at radius 3 is 1.56 bits per heavy atom. The Labute approximate surface area is 184 Å². The van der Waals surface area contributed by atoms with E-state index >= 15 is 0 Å². The molecule has 0 aliphatic carbocycles. The molecule has 0 aromatic heterocycles. The summed E-state index contributed by atoms with van der Waals surface area (Å²) in [4.78, 5) is 40.8. The molecule has 0 radical (unpaired) electrons. The molecule has 1 aliphatic rings. The SMILES string of the molecule is C=Cc1ccccc1.CC(O)CO.O=C(O)/C=C/C(=O)O.O=C1OC(=O)c2ccccc21. The molecule has 1 atom stereocenters. The third kappa shape index (κ3) is 12.5. The predicted octanol–water partition coefficient (Wildman–Crippen LogP) is 2.40. The van der Waals surface area contributed by atoms with Crippen LogP contribution in [0.3, 0.4) is 0 Å². The summed E-state index contributed by atoms with van der Waals surface area (Å²) < 4.78 is 4.35. The maximum atomic E-state index is 10.8. The Hall–Kier alpha value is -4.08. The number of carboxylic acids is 2. The van der Waals surface area contributed by atoms with Crippen molar-refractivity contribution in [3.63, 3.8) is 0 Å². The van der Waals surface area contributed by atoms with Gasteiger partial charge >= 0.3 is 23.9 Å². The fraction of sp³-hybridized carbons (Fsp3) is 0.130. The zero-order valence-corrected chi connectivity index (χ0v) is 17.2. The molecule has 1 aliphatic heterocycles. The number of carbonyl (C=O) groups is 4. The van der Waals surface area contributed by atoms with E-state index in [0.717, 1.165) is 0 Å².